The molecule has 1 aromatic carbocycles. The minimum atomic E-state index is -0.172. The molecule has 0 aliphatic heterocycles. The molecule has 0 saturated heterocycles. The summed E-state index contributed by atoms with van der Waals surface area (Å²) >= 11 is 4.80. The van der Waals surface area contributed by atoms with Gasteiger partial charge in [-0.15, -0.1) is 0 Å². The summed E-state index contributed by atoms with van der Waals surface area (Å²) in [7, 11) is 0. The number of thiocarbonyl (C=S) groups is 1. The van der Waals surface area contributed by atoms with Crippen LogP contribution in [-0.2, 0) is 0 Å². The smallest absolute Gasteiger partial charge is 0.254 e. The van der Waals surface area contributed by atoms with E-state index < -0.39 is 0 Å². The summed E-state index contributed by atoms with van der Waals surface area (Å²) < 4.78 is 0. The van der Waals surface area contributed by atoms with Crippen LogP contribution in [0.4, 0.5) is 0 Å². The van der Waals surface area contributed by atoms with Crippen LogP contribution in [0.3, 0.4) is 0 Å². The second-order valence-corrected chi connectivity index (χ2v) is 4.26. The van der Waals surface area contributed by atoms with Gasteiger partial charge in [0.2, 0.25) is 0 Å². The van der Waals surface area contributed by atoms with Crippen LogP contribution in [0.25, 0.3) is 0 Å². The Morgan fingerprint density at radius 3 is 2.71 bits per heavy atom. The number of nitrogens with zero attached hydrogens (tertiary/aromatic N) is 1. The fourth-order valence-corrected chi connectivity index (χ4v) is 1.70. The molecule has 0 saturated carbocycles. The van der Waals surface area contributed by atoms with E-state index in [1.165, 1.54) is 0 Å². The molecular formula is C12H16N2O2S. The average molecular weight is 252 g/mol. The predicted molar refractivity (Wildman–Crippen MR) is 71.2 cm³/mol. The molecule has 1 amide bonds. The molecule has 0 spiro atoms. The standard InChI is InChI=1S/C12H16N2O2S/c1-3-14(7-11(13)17)12(16)9-5-4-6-10(15)8(9)2/h4-6,15H,3,7H2,1-2H3,(H2,13,17). The average Bonchev–Trinajstić information content (AvgIpc) is 2.28. The zero-order valence-electron chi connectivity index (χ0n) is 9.93. The first-order valence-electron chi connectivity index (χ1n) is 5.33. The van der Waals surface area contributed by atoms with E-state index >= 15 is 0 Å². The second-order valence-electron chi connectivity index (χ2n) is 3.74. The summed E-state index contributed by atoms with van der Waals surface area (Å²) in [4.78, 5) is 14.0. The normalized spacial score (nSPS) is 10.0. The lowest BCUT2D eigenvalue weighted by atomic mass is 10.1. The molecule has 0 aliphatic carbocycles. The van der Waals surface area contributed by atoms with Crippen LogP contribution in [0.5, 0.6) is 5.75 Å². The lowest BCUT2D eigenvalue weighted by molar-refractivity contribution is 0.0786. The van der Waals surface area contributed by atoms with Gasteiger partial charge in [0, 0.05) is 17.7 Å². The number of phenolic OH excluding ortho intramolecular Hbond substituents is 1. The van der Waals surface area contributed by atoms with Crippen LogP contribution in [0, 0.1) is 6.92 Å². The zero-order chi connectivity index (χ0) is 13.0. The highest BCUT2D eigenvalue weighted by atomic mass is 32.1. The Bertz CT molecular complexity index is 446. The summed E-state index contributed by atoms with van der Waals surface area (Å²) in [6, 6.07) is 4.87. The quantitative estimate of drug-likeness (QED) is 0.796. The molecule has 1 rings (SSSR count). The first-order chi connectivity index (χ1) is 7.97. The fraction of sp³-hybridized carbons (Fsp3) is 0.333. The number of carbonyl (C=O) groups excluding carboxylic acids is 1. The topological polar surface area (TPSA) is 66.6 Å². The van der Waals surface area contributed by atoms with Gasteiger partial charge < -0.3 is 15.7 Å². The third-order valence-electron chi connectivity index (χ3n) is 2.55. The van der Waals surface area contributed by atoms with Gasteiger partial charge in [-0.2, -0.15) is 0 Å². The van der Waals surface area contributed by atoms with Gasteiger partial charge in [0.1, 0.15) is 5.75 Å². The monoisotopic (exact) mass is 252 g/mol. The minimum absolute atomic E-state index is 0.113. The van der Waals surface area contributed by atoms with Crippen molar-refractivity contribution in [2.75, 3.05) is 13.1 Å². The first kappa shape index (κ1) is 13.4. The van der Waals surface area contributed by atoms with Crippen molar-refractivity contribution < 1.29 is 9.90 Å². The second kappa shape index (κ2) is 5.63. The van der Waals surface area contributed by atoms with Crippen molar-refractivity contribution in [3.63, 3.8) is 0 Å². The molecule has 1 aromatic rings. The minimum Gasteiger partial charge on any atom is -0.508 e. The van der Waals surface area contributed by atoms with E-state index in [9.17, 15) is 9.90 Å². The maximum atomic E-state index is 12.2. The summed E-state index contributed by atoms with van der Waals surface area (Å²) in [5.74, 6) is -0.0593. The molecule has 3 N–H and O–H groups in total. The number of rotatable bonds is 4. The third-order valence-corrected chi connectivity index (χ3v) is 2.68. The molecule has 0 heterocycles. The number of likely N-dealkylation sites (N-methyl/N-ethyl adjacent to an activating group) is 1. The van der Waals surface area contributed by atoms with Crippen LogP contribution in [-0.4, -0.2) is 34.0 Å². The van der Waals surface area contributed by atoms with Gasteiger partial charge in [-0.3, -0.25) is 4.79 Å². The Balaban J connectivity index is 3.02. The van der Waals surface area contributed by atoms with E-state index in [1.807, 2.05) is 6.92 Å². The van der Waals surface area contributed by atoms with E-state index in [-0.39, 0.29) is 23.2 Å². The highest BCUT2D eigenvalue weighted by Gasteiger charge is 2.17. The molecule has 92 valence electrons. The Morgan fingerprint density at radius 1 is 1.53 bits per heavy atom. The lowest BCUT2D eigenvalue weighted by Gasteiger charge is -2.21. The molecule has 5 heteroatoms. The molecular weight excluding hydrogens is 236 g/mol. The molecule has 0 radical (unpaired) electrons. The number of benzene rings is 1. The van der Waals surface area contributed by atoms with Gasteiger partial charge in [-0.1, -0.05) is 18.3 Å². The van der Waals surface area contributed by atoms with E-state index in [0.29, 0.717) is 17.7 Å². The number of nitrogens with two attached hydrogens (primary N) is 1. The van der Waals surface area contributed by atoms with Crippen molar-refractivity contribution in [2.24, 2.45) is 5.73 Å². The van der Waals surface area contributed by atoms with E-state index in [1.54, 1.807) is 30.0 Å². The highest BCUT2D eigenvalue weighted by Crippen LogP contribution is 2.20. The number of amides is 1. The molecule has 0 aromatic heterocycles. The molecule has 0 fully saturated rings. The maximum Gasteiger partial charge on any atom is 0.254 e. The van der Waals surface area contributed by atoms with Crippen molar-refractivity contribution >= 4 is 23.1 Å². The van der Waals surface area contributed by atoms with Crippen LogP contribution in [0.15, 0.2) is 18.2 Å². The van der Waals surface area contributed by atoms with Crippen molar-refractivity contribution in [1.82, 2.24) is 4.90 Å². The molecule has 0 atom stereocenters. The number of hydrogen-bond acceptors (Lipinski definition) is 3. The van der Waals surface area contributed by atoms with Gasteiger partial charge in [-0.05, 0) is 26.0 Å². The fourth-order valence-electron chi connectivity index (χ4n) is 1.54. The van der Waals surface area contributed by atoms with Gasteiger partial charge in [0.05, 0.1) is 11.5 Å². The molecule has 0 unspecified atom stereocenters. The van der Waals surface area contributed by atoms with Gasteiger partial charge in [-0.25, -0.2) is 0 Å². The van der Waals surface area contributed by atoms with E-state index in [2.05, 4.69) is 0 Å². The Kier molecular flexibility index (Phi) is 4.45. The van der Waals surface area contributed by atoms with Gasteiger partial charge >= 0.3 is 0 Å². The lowest BCUT2D eigenvalue weighted by Crippen LogP contribution is -2.37. The van der Waals surface area contributed by atoms with E-state index in [0.717, 1.165) is 0 Å². The van der Waals surface area contributed by atoms with Crippen molar-refractivity contribution in [2.45, 2.75) is 13.8 Å². The van der Waals surface area contributed by atoms with Gasteiger partial charge in [0.25, 0.3) is 5.91 Å². The summed E-state index contributed by atoms with van der Waals surface area (Å²) in [6.45, 7) is 4.33. The maximum absolute atomic E-state index is 12.2. The summed E-state index contributed by atoms with van der Waals surface area (Å²) in [6.07, 6.45) is 0. The predicted octanol–water partition coefficient (Wildman–Crippen LogP) is 1.45. The Hall–Kier alpha value is -1.62. The highest BCUT2D eigenvalue weighted by molar-refractivity contribution is 7.80. The van der Waals surface area contributed by atoms with Crippen molar-refractivity contribution in [3.05, 3.63) is 29.3 Å². The summed E-state index contributed by atoms with van der Waals surface area (Å²) in [5.41, 5.74) is 6.48. The SMILES string of the molecule is CCN(CC(N)=S)C(=O)c1cccc(O)c1C. The number of phenols is 1. The van der Waals surface area contributed by atoms with Crippen LogP contribution < -0.4 is 5.73 Å². The molecule has 0 bridgehead atoms. The number of aromatic hydroxyl groups is 1. The Morgan fingerprint density at radius 2 is 2.18 bits per heavy atom. The zero-order valence-corrected chi connectivity index (χ0v) is 10.8. The first-order valence-corrected chi connectivity index (χ1v) is 5.74. The van der Waals surface area contributed by atoms with Gasteiger partial charge in [0.15, 0.2) is 0 Å². The molecule has 0 aliphatic rings. The van der Waals surface area contributed by atoms with Crippen LogP contribution in [0.1, 0.15) is 22.8 Å². The van der Waals surface area contributed by atoms with Crippen molar-refractivity contribution in [3.8, 4) is 5.75 Å². The number of carbonyl (C=O) groups is 1. The number of hydrogen-bond donors (Lipinski definition) is 2. The van der Waals surface area contributed by atoms with E-state index in [4.69, 9.17) is 18.0 Å². The van der Waals surface area contributed by atoms with Crippen LogP contribution >= 0.6 is 12.2 Å². The molecule has 17 heavy (non-hydrogen) atoms. The Labute approximate surface area is 106 Å². The van der Waals surface area contributed by atoms with Crippen molar-refractivity contribution in [1.29, 1.82) is 0 Å². The third kappa shape index (κ3) is 3.17. The molecule has 4 nitrogen and oxygen atoms in total. The van der Waals surface area contributed by atoms with Crippen LogP contribution in [0.2, 0.25) is 0 Å². The summed E-state index contributed by atoms with van der Waals surface area (Å²) in [5, 5.41) is 9.56. The largest absolute Gasteiger partial charge is 0.508 e.